The largest absolute Gasteiger partial charge is 0.393 e. The third-order valence-corrected chi connectivity index (χ3v) is 8.64. The molecule has 4 aliphatic carbocycles. The second-order valence-electron chi connectivity index (χ2n) is 9.37. The number of carbonyl (C=O) groups is 1. The van der Waals surface area contributed by atoms with Crippen molar-refractivity contribution in [2.45, 2.75) is 78.2 Å². The minimum Gasteiger partial charge on any atom is -0.393 e. The van der Waals surface area contributed by atoms with Crippen LogP contribution < -0.4 is 0 Å². The molecule has 1 N–H and O–H groups in total. The van der Waals surface area contributed by atoms with Gasteiger partial charge in [-0.25, -0.2) is 0 Å². The second-order valence-corrected chi connectivity index (χ2v) is 9.37. The summed E-state index contributed by atoms with van der Waals surface area (Å²) in [6.45, 7) is 6.93. The lowest BCUT2D eigenvalue weighted by molar-refractivity contribution is -0.120. The van der Waals surface area contributed by atoms with Gasteiger partial charge in [0, 0.05) is 6.42 Å². The summed E-state index contributed by atoms with van der Waals surface area (Å²) in [5.74, 6) is 3.20. The minimum absolute atomic E-state index is 0.0684. The lowest BCUT2D eigenvalue weighted by Gasteiger charge is -2.60. The quantitative estimate of drug-likeness (QED) is 0.667. The molecule has 7 atom stereocenters. The summed E-state index contributed by atoms with van der Waals surface area (Å²) in [6, 6.07) is 0. The maximum atomic E-state index is 12.6. The smallest absolute Gasteiger partial charge is 0.159 e. The first-order valence-electron chi connectivity index (χ1n) is 9.78. The number of hydrogen-bond donors (Lipinski definition) is 1. The highest BCUT2D eigenvalue weighted by Gasteiger charge is 2.60. The van der Waals surface area contributed by atoms with Crippen LogP contribution >= 0.6 is 0 Å². The van der Waals surface area contributed by atoms with Crippen LogP contribution in [0, 0.1) is 34.5 Å². The number of Topliss-reactive ketones (excluding diaryl/α,β-unsaturated/α-hetero) is 1. The van der Waals surface area contributed by atoms with Crippen LogP contribution in [0.15, 0.2) is 11.6 Å². The van der Waals surface area contributed by atoms with E-state index in [2.05, 4.69) is 19.9 Å². The number of ketones is 1. The highest BCUT2D eigenvalue weighted by molar-refractivity contribution is 5.99. The van der Waals surface area contributed by atoms with Crippen molar-refractivity contribution in [3.8, 4) is 0 Å². The highest BCUT2D eigenvalue weighted by atomic mass is 16.3. The van der Waals surface area contributed by atoms with E-state index in [0.717, 1.165) is 36.7 Å². The van der Waals surface area contributed by atoms with Crippen LogP contribution in [0.2, 0.25) is 0 Å². The van der Waals surface area contributed by atoms with E-state index in [1.807, 2.05) is 6.92 Å². The van der Waals surface area contributed by atoms with Gasteiger partial charge >= 0.3 is 0 Å². The molecule has 0 heterocycles. The molecule has 0 aromatic heterocycles. The number of fused-ring (bicyclic) bond motifs is 5. The first kappa shape index (κ1) is 15.9. The molecule has 0 bridgehead atoms. The average Bonchev–Trinajstić information content (AvgIpc) is 2.77. The molecular weight excluding hydrogens is 284 g/mol. The Morgan fingerprint density at radius 3 is 2.61 bits per heavy atom. The monoisotopic (exact) mass is 316 g/mol. The second kappa shape index (κ2) is 5.18. The fraction of sp³-hybridized carbons (Fsp3) is 0.857. The molecule has 4 saturated carbocycles. The maximum Gasteiger partial charge on any atom is 0.159 e. The SMILES string of the molecule is CC=C1C(=O)CC2C3CCC4CC(O)CCC4(C)C3CCC12C. The highest BCUT2D eigenvalue weighted by Crippen LogP contribution is 2.66. The Labute approximate surface area is 140 Å². The van der Waals surface area contributed by atoms with E-state index in [1.165, 1.54) is 32.1 Å². The van der Waals surface area contributed by atoms with Crippen LogP contribution in [0.1, 0.15) is 72.1 Å². The van der Waals surface area contributed by atoms with Gasteiger partial charge in [0.2, 0.25) is 0 Å². The fourth-order valence-corrected chi connectivity index (χ4v) is 7.39. The van der Waals surface area contributed by atoms with Gasteiger partial charge < -0.3 is 5.11 Å². The minimum atomic E-state index is -0.0684. The molecule has 128 valence electrons. The van der Waals surface area contributed by atoms with E-state index in [0.29, 0.717) is 23.0 Å². The van der Waals surface area contributed by atoms with Gasteiger partial charge in [-0.05, 0) is 91.9 Å². The van der Waals surface area contributed by atoms with Crippen LogP contribution in [-0.4, -0.2) is 17.0 Å². The Morgan fingerprint density at radius 2 is 1.87 bits per heavy atom. The van der Waals surface area contributed by atoms with Gasteiger partial charge in [-0.2, -0.15) is 0 Å². The number of aliphatic hydroxyl groups excluding tert-OH is 1. The van der Waals surface area contributed by atoms with Gasteiger partial charge in [0.05, 0.1) is 6.10 Å². The summed E-state index contributed by atoms with van der Waals surface area (Å²) in [6.07, 6.45) is 11.0. The van der Waals surface area contributed by atoms with Gasteiger partial charge in [-0.3, -0.25) is 4.79 Å². The fourth-order valence-electron chi connectivity index (χ4n) is 7.39. The van der Waals surface area contributed by atoms with Gasteiger partial charge in [-0.15, -0.1) is 0 Å². The third kappa shape index (κ3) is 2.06. The lowest BCUT2D eigenvalue weighted by atomic mass is 9.45. The summed E-state index contributed by atoms with van der Waals surface area (Å²) in [5.41, 5.74) is 1.68. The molecule has 4 fully saturated rings. The molecule has 2 nitrogen and oxygen atoms in total. The van der Waals surface area contributed by atoms with E-state index in [1.54, 1.807) is 0 Å². The van der Waals surface area contributed by atoms with Crippen LogP contribution in [0.4, 0.5) is 0 Å². The van der Waals surface area contributed by atoms with Gasteiger partial charge in [0.15, 0.2) is 5.78 Å². The van der Waals surface area contributed by atoms with Crippen molar-refractivity contribution in [3.05, 3.63) is 11.6 Å². The summed E-state index contributed by atoms with van der Waals surface area (Å²) >= 11 is 0. The Hall–Kier alpha value is -0.630. The normalized spacial score (nSPS) is 54.5. The van der Waals surface area contributed by atoms with Crippen molar-refractivity contribution >= 4 is 5.78 Å². The van der Waals surface area contributed by atoms with Crippen molar-refractivity contribution < 1.29 is 9.90 Å². The Morgan fingerprint density at radius 1 is 1.09 bits per heavy atom. The summed E-state index contributed by atoms with van der Waals surface area (Å²) in [5, 5.41) is 10.1. The molecule has 0 radical (unpaired) electrons. The summed E-state index contributed by atoms with van der Waals surface area (Å²) in [7, 11) is 0. The van der Waals surface area contributed by atoms with E-state index in [9.17, 15) is 9.90 Å². The van der Waals surface area contributed by atoms with Crippen molar-refractivity contribution in [1.29, 1.82) is 0 Å². The van der Waals surface area contributed by atoms with E-state index in [-0.39, 0.29) is 11.5 Å². The zero-order valence-corrected chi connectivity index (χ0v) is 15.0. The number of aliphatic hydroxyl groups is 1. The summed E-state index contributed by atoms with van der Waals surface area (Å²) < 4.78 is 0. The Kier molecular flexibility index (Phi) is 3.58. The molecule has 0 aromatic rings. The molecule has 23 heavy (non-hydrogen) atoms. The van der Waals surface area contributed by atoms with Crippen LogP contribution in [0.3, 0.4) is 0 Å². The number of hydrogen-bond acceptors (Lipinski definition) is 2. The zero-order valence-electron chi connectivity index (χ0n) is 15.0. The predicted molar refractivity (Wildman–Crippen MR) is 91.9 cm³/mol. The first-order chi connectivity index (χ1) is 10.9. The van der Waals surface area contributed by atoms with Gasteiger partial charge in [0.25, 0.3) is 0 Å². The van der Waals surface area contributed by atoms with Crippen molar-refractivity contribution in [3.63, 3.8) is 0 Å². The molecule has 0 amide bonds. The average molecular weight is 316 g/mol. The molecule has 7 unspecified atom stereocenters. The first-order valence-corrected chi connectivity index (χ1v) is 9.78. The van der Waals surface area contributed by atoms with Crippen LogP contribution in [-0.2, 0) is 4.79 Å². The Balaban J connectivity index is 1.66. The van der Waals surface area contributed by atoms with E-state index < -0.39 is 0 Å². The van der Waals surface area contributed by atoms with Crippen LogP contribution in [0.5, 0.6) is 0 Å². The number of carbonyl (C=O) groups excluding carboxylic acids is 1. The van der Waals surface area contributed by atoms with Crippen molar-refractivity contribution in [2.75, 3.05) is 0 Å². The molecular formula is C21H32O2. The lowest BCUT2D eigenvalue weighted by Crippen LogP contribution is -2.53. The van der Waals surface area contributed by atoms with E-state index >= 15 is 0 Å². The molecule has 0 spiro atoms. The molecule has 0 aliphatic heterocycles. The molecule has 0 saturated heterocycles. The molecule has 0 aromatic carbocycles. The third-order valence-electron chi connectivity index (χ3n) is 8.64. The maximum absolute atomic E-state index is 12.6. The zero-order chi connectivity index (χ0) is 16.4. The predicted octanol–water partition coefficient (Wildman–Crippen LogP) is 4.52. The molecule has 4 rings (SSSR count). The number of rotatable bonds is 0. The topological polar surface area (TPSA) is 37.3 Å². The van der Waals surface area contributed by atoms with Gasteiger partial charge in [0.1, 0.15) is 0 Å². The summed E-state index contributed by atoms with van der Waals surface area (Å²) in [4.78, 5) is 12.6. The standard InChI is InChI=1S/C21H32O2/c1-4-16-19(23)12-18-15-6-5-13-11-14(22)7-9-20(13,2)17(15)8-10-21(16,18)3/h4,13-15,17-18,22H,5-12H2,1-3H3. The molecule has 2 heteroatoms. The van der Waals surface area contributed by atoms with Gasteiger partial charge in [-0.1, -0.05) is 19.9 Å². The van der Waals surface area contributed by atoms with E-state index in [4.69, 9.17) is 0 Å². The van der Waals surface area contributed by atoms with Crippen molar-refractivity contribution in [1.82, 2.24) is 0 Å². The van der Waals surface area contributed by atoms with Crippen LogP contribution in [0.25, 0.3) is 0 Å². The Bertz CT molecular complexity index is 550. The van der Waals surface area contributed by atoms with Crippen molar-refractivity contribution in [2.24, 2.45) is 34.5 Å². The number of allylic oxidation sites excluding steroid dienone is 2. The molecule has 4 aliphatic rings.